The first-order chi connectivity index (χ1) is 9.21. The molecule has 2 N–H and O–H groups in total. The van der Waals surface area contributed by atoms with Gasteiger partial charge in [0.25, 0.3) is 0 Å². The number of phenolic OH excluding ortho intramolecular Hbond substituents is 1. The number of aromatic hydroxyl groups is 1. The van der Waals surface area contributed by atoms with E-state index < -0.39 is 14.6 Å². The highest BCUT2D eigenvalue weighted by Crippen LogP contribution is 2.32. The van der Waals surface area contributed by atoms with Crippen LogP contribution in [-0.4, -0.2) is 31.1 Å². The van der Waals surface area contributed by atoms with Gasteiger partial charge in [-0.3, -0.25) is 0 Å². The van der Waals surface area contributed by atoms with Crippen LogP contribution >= 0.6 is 0 Å². The van der Waals surface area contributed by atoms with Crippen molar-refractivity contribution in [2.24, 2.45) is 0 Å². The molecule has 1 aromatic rings. The third kappa shape index (κ3) is 3.15. The first kappa shape index (κ1) is 15.3. The Kier molecular flexibility index (Phi) is 4.12. The summed E-state index contributed by atoms with van der Waals surface area (Å²) in [6.45, 7) is 3.88. The summed E-state index contributed by atoms with van der Waals surface area (Å²) in [7, 11) is -3.10. The molecule has 1 aromatic carbocycles. The van der Waals surface area contributed by atoms with Gasteiger partial charge in [0, 0.05) is 18.8 Å². The first-order valence-corrected chi connectivity index (χ1v) is 8.85. The summed E-state index contributed by atoms with van der Waals surface area (Å²) in [5.74, 6) is 0.264. The molecule has 0 aliphatic heterocycles. The van der Waals surface area contributed by atoms with Gasteiger partial charge in [-0.15, -0.1) is 0 Å². The number of hydrogen-bond donors (Lipinski definition) is 2. The van der Waals surface area contributed by atoms with E-state index in [1.54, 1.807) is 26.0 Å². The minimum atomic E-state index is -3.10. The summed E-state index contributed by atoms with van der Waals surface area (Å²) in [5, 5.41) is 13.0. The van der Waals surface area contributed by atoms with Crippen molar-refractivity contribution < 1.29 is 13.5 Å². The Labute approximate surface area is 121 Å². The van der Waals surface area contributed by atoms with Crippen molar-refractivity contribution in [3.63, 3.8) is 0 Å². The molecular weight excluding hydrogens is 274 g/mol. The lowest BCUT2D eigenvalue weighted by Crippen LogP contribution is -2.43. The Morgan fingerprint density at radius 1 is 1.40 bits per heavy atom. The second-order valence-electron chi connectivity index (χ2n) is 6.24. The highest BCUT2D eigenvalue weighted by Gasteiger charge is 2.31. The van der Waals surface area contributed by atoms with Gasteiger partial charge in [0.05, 0.1) is 4.75 Å². The zero-order valence-corrected chi connectivity index (χ0v) is 13.1. The van der Waals surface area contributed by atoms with Crippen molar-refractivity contribution in [1.29, 1.82) is 0 Å². The number of benzene rings is 1. The molecule has 5 heteroatoms. The smallest absolute Gasteiger partial charge is 0.153 e. The molecule has 1 aliphatic carbocycles. The number of nitrogens with one attached hydrogen (secondary N) is 1. The second-order valence-corrected chi connectivity index (χ2v) is 8.89. The van der Waals surface area contributed by atoms with Crippen LogP contribution in [0.15, 0.2) is 18.2 Å². The van der Waals surface area contributed by atoms with E-state index in [4.69, 9.17) is 0 Å². The number of sulfone groups is 1. The molecule has 0 heterocycles. The van der Waals surface area contributed by atoms with Crippen LogP contribution in [-0.2, 0) is 16.3 Å². The van der Waals surface area contributed by atoms with Gasteiger partial charge in [-0.05, 0) is 56.4 Å². The second kappa shape index (κ2) is 5.37. The molecule has 0 radical (unpaired) electrons. The van der Waals surface area contributed by atoms with Gasteiger partial charge >= 0.3 is 0 Å². The Balaban J connectivity index is 2.15. The van der Waals surface area contributed by atoms with Crippen molar-refractivity contribution in [2.45, 2.75) is 43.9 Å². The molecule has 1 unspecified atom stereocenters. The summed E-state index contributed by atoms with van der Waals surface area (Å²) in [4.78, 5) is 0. The van der Waals surface area contributed by atoms with Crippen LogP contribution in [0, 0.1) is 0 Å². The molecule has 20 heavy (non-hydrogen) atoms. The lowest BCUT2D eigenvalue weighted by molar-refractivity contribution is 0.424. The molecule has 0 fully saturated rings. The molecule has 0 saturated heterocycles. The van der Waals surface area contributed by atoms with Crippen LogP contribution in [0.4, 0.5) is 0 Å². The fourth-order valence-corrected chi connectivity index (χ4v) is 2.84. The van der Waals surface area contributed by atoms with Gasteiger partial charge in [-0.1, -0.05) is 6.07 Å². The SMILES string of the molecule is CC(C)(CNC1CCCc2ccc(O)cc21)S(C)(=O)=O. The highest BCUT2D eigenvalue weighted by molar-refractivity contribution is 7.92. The quantitative estimate of drug-likeness (QED) is 0.894. The molecule has 1 atom stereocenters. The number of hydrogen-bond acceptors (Lipinski definition) is 4. The van der Waals surface area contributed by atoms with Crippen molar-refractivity contribution in [1.82, 2.24) is 5.32 Å². The zero-order valence-electron chi connectivity index (χ0n) is 12.3. The molecule has 0 aromatic heterocycles. The maximum atomic E-state index is 11.7. The van der Waals surface area contributed by atoms with Crippen molar-refractivity contribution in [3.8, 4) is 5.75 Å². The van der Waals surface area contributed by atoms with Crippen LogP contribution < -0.4 is 5.32 Å². The fourth-order valence-electron chi connectivity index (χ4n) is 2.50. The average Bonchev–Trinajstić information content (AvgIpc) is 2.35. The van der Waals surface area contributed by atoms with Gasteiger partial charge < -0.3 is 10.4 Å². The summed E-state index contributed by atoms with van der Waals surface area (Å²) >= 11 is 0. The van der Waals surface area contributed by atoms with Crippen LogP contribution in [0.25, 0.3) is 0 Å². The molecule has 0 saturated carbocycles. The minimum absolute atomic E-state index is 0.117. The number of fused-ring (bicyclic) bond motifs is 1. The van der Waals surface area contributed by atoms with Crippen LogP contribution in [0.2, 0.25) is 0 Å². The standard InChI is InChI=1S/C15H23NO3S/c1-15(2,20(3,18)19)10-16-14-6-4-5-11-7-8-12(17)9-13(11)14/h7-9,14,16-17H,4-6,10H2,1-3H3. The van der Waals surface area contributed by atoms with Gasteiger partial charge in [0.2, 0.25) is 0 Å². The Morgan fingerprint density at radius 3 is 2.75 bits per heavy atom. The first-order valence-electron chi connectivity index (χ1n) is 6.95. The van der Waals surface area contributed by atoms with Crippen molar-refractivity contribution >= 4 is 9.84 Å². The van der Waals surface area contributed by atoms with E-state index in [1.807, 2.05) is 6.07 Å². The summed E-state index contributed by atoms with van der Waals surface area (Å²) in [6.07, 6.45) is 4.34. The maximum Gasteiger partial charge on any atom is 0.153 e. The fraction of sp³-hybridized carbons (Fsp3) is 0.600. The van der Waals surface area contributed by atoms with Gasteiger partial charge in [0.1, 0.15) is 5.75 Å². The zero-order chi connectivity index (χ0) is 15.0. The third-order valence-corrected chi connectivity index (χ3v) is 6.37. The van der Waals surface area contributed by atoms with E-state index in [-0.39, 0.29) is 11.8 Å². The Hall–Kier alpha value is -1.07. The van der Waals surface area contributed by atoms with E-state index in [1.165, 1.54) is 11.8 Å². The Morgan fingerprint density at radius 2 is 2.10 bits per heavy atom. The molecule has 4 nitrogen and oxygen atoms in total. The van der Waals surface area contributed by atoms with Crippen molar-refractivity contribution in [2.75, 3.05) is 12.8 Å². The molecule has 0 spiro atoms. The Bertz CT molecular complexity index is 593. The summed E-state index contributed by atoms with van der Waals surface area (Å²) in [5.41, 5.74) is 2.34. The predicted octanol–water partition coefficient (Wildman–Crippen LogP) is 2.18. The average molecular weight is 297 g/mol. The number of phenols is 1. The summed E-state index contributed by atoms with van der Waals surface area (Å²) in [6, 6.07) is 5.58. The predicted molar refractivity (Wildman–Crippen MR) is 80.7 cm³/mol. The number of aryl methyl sites for hydroxylation is 1. The molecule has 0 bridgehead atoms. The van der Waals surface area contributed by atoms with Gasteiger partial charge in [0.15, 0.2) is 9.84 Å². The molecular formula is C15H23NO3S. The van der Waals surface area contributed by atoms with E-state index in [0.29, 0.717) is 6.54 Å². The lowest BCUT2D eigenvalue weighted by Gasteiger charge is -2.30. The topological polar surface area (TPSA) is 66.4 Å². The van der Waals surface area contributed by atoms with Crippen LogP contribution in [0.5, 0.6) is 5.75 Å². The minimum Gasteiger partial charge on any atom is -0.508 e. The molecule has 1 aliphatic rings. The lowest BCUT2D eigenvalue weighted by atomic mass is 9.87. The maximum absolute atomic E-state index is 11.7. The van der Waals surface area contributed by atoms with Crippen LogP contribution in [0.3, 0.4) is 0 Å². The normalized spacial score (nSPS) is 19.6. The van der Waals surface area contributed by atoms with E-state index in [0.717, 1.165) is 24.8 Å². The van der Waals surface area contributed by atoms with Gasteiger partial charge in [-0.25, -0.2) is 8.42 Å². The third-order valence-electron chi connectivity index (χ3n) is 4.22. The highest BCUT2D eigenvalue weighted by atomic mass is 32.2. The molecule has 112 valence electrons. The van der Waals surface area contributed by atoms with Crippen molar-refractivity contribution in [3.05, 3.63) is 29.3 Å². The van der Waals surface area contributed by atoms with E-state index in [9.17, 15) is 13.5 Å². The molecule has 2 rings (SSSR count). The summed E-state index contributed by atoms with van der Waals surface area (Å²) < 4.78 is 22.7. The van der Waals surface area contributed by atoms with E-state index >= 15 is 0 Å². The van der Waals surface area contributed by atoms with E-state index in [2.05, 4.69) is 5.32 Å². The molecule has 0 amide bonds. The largest absolute Gasteiger partial charge is 0.508 e. The van der Waals surface area contributed by atoms with Crippen LogP contribution in [0.1, 0.15) is 43.9 Å². The number of rotatable bonds is 4. The monoisotopic (exact) mass is 297 g/mol. The van der Waals surface area contributed by atoms with Gasteiger partial charge in [-0.2, -0.15) is 0 Å².